The van der Waals surface area contributed by atoms with Gasteiger partial charge in [0.2, 0.25) is 10.0 Å². The normalized spacial score (nSPS) is 16.4. The first-order valence-corrected chi connectivity index (χ1v) is 11.5. The third-order valence-corrected chi connectivity index (χ3v) is 7.43. The molecule has 2 aromatic carbocycles. The van der Waals surface area contributed by atoms with E-state index in [1.807, 2.05) is 25.1 Å². The van der Waals surface area contributed by atoms with E-state index in [0.29, 0.717) is 18.6 Å². The molecule has 1 aliphatic heterocycles. The fourth-order valence-corrected chi connectivity index (χ4v) is 5.08. The molecule has 0 unspecified atom stereocenters. The number of sulfonamides is 1. The van der Waals surface area contributed by atoms with Crippen LogP contribution in [0.4, 0.5) is 4.39 Å². The van der Waals surface area contributed by atoms with Gasteiger partial charge in [0.15, 0.2) is 0 Å². The van der Waals surface area contributed by atoms with Crippen LogP contribution < -0.4 is 4.74 Å². The molecule has 0 N–H and O–H groups in total. The lowest BCUT2D eigenvalue weighted by Gasteiger charge is -2.30. The largest absolute Gasteiger partial charge is 0.426 e. The molecule has 0 aromatic heterocycles. The number of ether oxygens (including phenoxy) is 1. The second-order valence-corrected chi connectivity index (χ2v) is 10.7. The number of carbonyl (C=O) groups is 1. The lowest BCUT2D eigenvalue weighted by molar-refractivity contribution is -0.140. The van der Waals surface area contributed by atoms with Crippen molar-refractivity contribution >= 4 is 16.0 Å². The van der Waals surface area contributed by atoms with E-state index in [-0.39, 0.29) is 29.4 Å². The number of hydrogen-bond donors (Lipinski definition) is 0. The highest BCUT2D eigenvalue weighted by Crippen LogP contribution is 2.30. The van der Waals surface area contributed by atoms with Crippen LogP contribution >= 0.6 is 0 Å². The van der Waals surface area contributed by atoms with E-state index in [0.717, 1.165) is 17.2 Å². The minimum Gasteiger partial charge on any atom is -0.426 e. The molecule has 1 saturated heterocycles. The van der Waals surface area contributed by atoms with Crippen molar-refractivity contribution in [3.8, 4) is 5.75 Å². The van der Waals surface area contributed by atoms with Crippen molar-refractivity contribution in [1.82, 2.24) is 4.31 Å². The number of aryl methyl sites for hydroxylation is 1. The van der Waals surface area contributed by atoms with Crippen LogP contribution in [-0.2, 0) is 20.2 Å². The lowest BCUT2D eigenvalue weighted by Crippen LogP contribution is -2.41. The van der Waals surface area contributed by atoms with Gasteiger partial charge in [0.05, 0.1) is 5.92 Å². The maximum absolute atomic E-state index is 13.9. The molecule has 162 valence electrons. The van der Waals surface area contributed by atoms with Gasteiger partial charge in [0.1, 0.15) is 16.5 Å². The summed E-state index contributed by atoms with van der Waals surface area (Å²) in [5, 5.41) is 0. The fraction of sp³-hybridized carbons (Fsp3) is 0.435. The highest BCUT2D eigenvalue weighted by Gasteiger charge is 2.34. The maximum atomic E-state index is 13.9. The molecule has 0 atom stereocenters. The predicted molar refractivity (Wildman–Crippen MR) is 113 cm³/mol. The van der Waals surface area contributed by atoms with Crippen LogP contribution in [0.5, 0.6) is 5.75 Å². The molecule has 1 fully saturated rings. The van der Waals surface area contributed by atoms with Gasteiger partial charge in [-0.25, -0.2) is 12.8 Å². The summed E-state index contributed by atoms with van der Waals surface area (Å²) in [5.41, 5.74) is 2.05. The van der Waals surface area contributed by atoms with Crippen molar-refractivity contribution in [2.75, 3.05) is 13.1 Å². The molecular weight excluding hydrogens is 405 g/mol. The van der Waals surface area contributed by atoms with Crippen LogP contribution in [0.2, 0.25) is 0 Å². The van der Waals surface area contributed by atoms with Gasteiger partial charge in [-0.15, -0.1) is 0 Å². The van der Waals surface area contributed by atoms with Gasteiger partial charge < -0.3 is 4.74 Å². The average molecular weight is 434 g/mol. The minimum absolute atomic E-state index is 0.00382. The van der Waals surface area contributed by atoms with E-state index in [4.69, 9.17) is 4.74 Å². The first-order valence-electron chi connectivity index (χ1n) is 10.1. The predicted octanol–water partition coefficient (Wildman–Crippen LogP) is 4.44. The number of nitrogens with zero attached hydrogens (tertiary/aromatic N) is 1. The summed E-state index contributed by atoms with van der Waals surface area (Å²) >= 11 is 0. The van der Waals surface area contributed by atoms with E-state index in [1.165, 1.54) is 22.5 Å². The molecule has 2 aromatic rings. The molecule has 1 heterocycles. The number of rotatable bonds is 4. The third-order valence-electron chi connectivity index (χ3n) is 5.49. The first kappa shape index (κ1) is 22.4. The molecular formula is C23H28FNO4S. The smallest absolute Gasteiger partial charge is 0.314 e. The Morgan fingerprint density at radius 1 is 1.10 bits per heavy atom. The topological polar surface area (TPSA) is 63.7 Å². The van der Waals surface area contributed by atoms with Crippen molar-refractivity contribution in [1.29, 1.82) is 0 Å². The second-order valence-electron chi connectivity index (χ2n) is 8.76. The molecule has 0 amide bonds. The number of piperidine rings is 1. The van der Waals surface area contributed by atoms with E-state index in [9.17, 15) is 17.6 Å². The number of esters is 1. The summed E-state index contributed by atoms with van der Waals surface area (Å²) in [6.07, 6.45) is 0.678. The number of benzene rings is 2. The second kappa shape index (κ2) is 8.47. The lowest BCUT2D eigenvalue weighted by atomic mass is 9.86. The molecule has 5 nitrogen and oxygen atoms in total. The zero-order valence-electron chi connectivity index (χ0n) is 17.8. The molecule has 0 spiro atoms. The Morgan fingerprint density at radius 3 is 2.30 bits per heavy atom. The van der Waals surface area contributed by atoms with Gasteiger partial charge in [-0.3, -0.25) is 4.79 Å². The Morgan fingerprint density at radius 2 is 1.73 bits per heavy atom. The molecule has 3 rings (SSSR count). The molecule has 1 aliphatic rings. The zero-order chi connectivity index (χ0) is 22.1. The Hall–Kier alpha value is -2.25. The number of halogens is 1. The van der Waals surface area contributed by atoms with E-state index >= 15 is 0 Å². The maximum Gasteiger partial charge on any atom is 0.314 e. The molecule has 7 heteroatoms. The van der Waals surface area contributed by atoms with Crippen LogP contribution in [0, 0.1) is 18.7 Å². The Kier molecular flexibility index (Phi) is 6.34. The molecule has 0 bridgehead atoms. The van der Waals surface area contributed by atoms with Crippen molar-refractivity contribution in [3.05, 3.63) is 59.4 Å². The van der Waals surface area contributed by atoms with Crippen molar-refractivity contribution < 1.29 is 22.3 Å². The molecule has 0 radical (unpaired) electrons. The molecule has 30 heavy (non-hydrogen) atoms. The van der Waals surface area contributed by atoms with Crippen LogP contribution in [0.15, 0.2) is 47.4 Å². The van der Waals surface area contributed by atoms with Gasteiger partial charge in [0, 0.05) is 13.1 Å². The quantitative estimate of drug-likeness (QED) is 0.528. The summed E-state index contributed by atoms with van der Waals surface area (Å²) < 4.78 is 46.2. The Balaban J connectivity index is 1.64. The van der Waals surface area contributed by atoms with Crippen LogP contribution in [0.1, 0.15) is 44.7 Å². The Labute approximate surface area is 177 Å². The highest BCUT2D eigenvalue weighted by molar-refractivity contribution is 7.89. The van der Waals surface area contributed by atoms with Crippen LogP contribution in [-0.4, -0.2) is 31.8 Å². The van der Waals surface area contributed by atoms with Crippen molar-refractivity contribution in [2.24, 2.45) is 5.92 Å². The first-order chi connectivity index (χ1) is 14.0. The summed E-state index contributed by atoms with van der Waals surface area (Å²) in [5.74, 6) is -0.995. The molecule has 0 saturated carbocycles. The summed E-state index contributed by atoms with van der Waals surface area (Å²) in [6, 6.07) is 11.1. The van der Waals surface area contributed by atoms with Crippen molar-refractivity contribution in [3.63, 3.8) is 0 Å². The van der Waals surface area contributed by atoms with Gasteiger partial charge in [0.25, 0.3) is 0 Å². The zero-order valence-corrected chi connectivity index (χ0v) is 18.6. The minimum atomic E-state index is -3.92. The average Bonchev–Trinajstić information content (AvgIpc) is 2.69. The van der Waals surface area contributed by atoms with E-state index in [2.05, 4.69) is 20.8 Å². The summed E-state index contributed by atoms with van der Waals surface area (Å²) in [4.78, 5) is 12.3. The third kappa shape index (κ3) is 4.73. The Bertz CT molecular complexity index is 1040. The fourth-order valence-electron chi connectivity index (χ4n) is 3.55. The van der Waals surface area contributed by atoms with Gasteiger partial charge in [-0.2, -0.15) is 4.31 Å². The monoisotopic (exact) mass is 433 g/mol. The SMILES string of the molecule is Cc1cc(C(C)(C)C)ccc1OC(=O)C1CCN(S(=O)(=O)c2ccccc2F)CC1. The standard InChI is InChI=1S/C23H28FNO4S/c1-16-15-18(23(2,3)4)9-10-20(16)29-22(26)17-11-13-25(14-12-17)30(27,28)21-8-6-5-7-19(21)24/h5-10,15,17H,11-14H2,1-4H3. The van der Waals surface area contributed by atoms with Gasteiger partial charge >= 0.3 is 5.97 Å². The number of hydrogen-bond acceptors (Lipinski definition) is 4. The number of carbonyl (C=O) groups excluding carboxylic acids is 1. The van der Waals surface area contributed by atoms with E-state index in [1.54, 1.807) is 0 Å². The van der Waals surface area contributed by atoms with Gasteiger partial charge in [-0.1, -0.05) is 45.0 Å². The van der Waals surface area contributed by atoms with Crippen LogP contribution in [0.3, 0.4) is 0 Å². The molecule has 0 aliphatic carbocycles. The van der Waals surface area contributed by atoms with Gasteiger partial charge in [-0.05, 0) is 54.5 Å². The summed E-state index contributed by atoms with van der Waals surface area (Å²) in [6.45, 7) is 8.57. The highest BCUT2D eigenvalue weighted by atomic mass is 32.2. The summed E-state index contributed by atoms with van der Waals surface area (Å²) in [7, 11) is -3.92. The van der Waals surface area contributed by atoms with Crippen LogP contribution in [0.25, 0.3) is 0 Å². The van der Waals surface area contributed by atoms with Crippen molar-refractivity contribution in [2.45, 2.75) is 50.8 Å². The van der Waals surface area contributed by atoms with E-state index < -0.39 is 21.8 Å².